The number of carbonyl (C=O) groups excluding carboxylic acids is 1. The van der Waals surface area contributed by atoms with Crippen molar-refractivity contribution in [3.8, 4) is 0 Å². The third kappa shape index (κ3) is 2.71. The van der Waals surface area contributed by atoms with Gasteiger partial charge in [-0.15, -0.1) is 0 Å². The molecule has 2 aromatic rings. The first kappa shape index (κ1) is 12.6. The van der Waals surface area contributed by atoms with Crippen LogP contribution in [0.25, 0.3) is 0 Å². The van der Waals surface area contributed by atoms with Gasteiger partial charge in [-0.25, -0.2) is 0 Å². The van der Waals surface area contributed by atoms with Crippen LogP contribution in [0, 0.1) is 13.8 Å². The highest BCUT2D eigenvalue weighted by molar-refractivity contribution is 7.08. The lowest BCUT2D eigenvalue weighted by Crippen LogP contribution is -2.23. The van der Waals surface area contributed by atoms with E-state index in [9.17, 15) is 4.79 Å². The molecular formula is C14H16N2OS. The van der Waals surface area contributed by atoms with E-state index in [4.69, 9.17) is 5.73 Å². The summed E-state index contributed by atoms with van der Waals surface area (Å²) < 4.78 is 0. The smallest absolute Gasteiger partial charge is 0.251 e. The molecule has 0 aliphatic rings. The molecule has 1 aromatic carbocycles. The number of anilines is 1. The number of nitrogens with two attached hydrogens (primary N) is 1. The van der Waals surface area contributed by atoms with Crippen LogP contribution < -0.4 is 11.1 Å². The van der Waals surface area contributed by atoms with Crippen LogP contribution in [0.5, 0.6) is 0 Å². The fourth-order valence-corrected chi connectivity index (χ4v) is 2.52. The van der Waals surface area contributed by atoms with Crippen molar-refractivity contribution >= 4 is 22.9 Å². The zero-order valence-electron chi connectivity index (χ0n) is 10.5. The highest BCUT2D eigenvalue weighted by Gasteiger charge is 2.07. The van der Waals surface area contributed by atoms with E-state index in [2.05, 4.69) is 16.1 Å². The largest absolute Gasteiger partial charge is 0.399 e. The van der Waals surface area contributed by atoms with E-state index in [-0.39, 0.29) is 5.91 Å². The van der Waals surface area contributed by atoms with Crippen LogP contribution in [0.2, 0.25) is 0 Å². The summed E-state index contributed by atoms with van der Waals surface area (Å²) in [5.41, 5.74) is 10.4. The first-order valence-corrected chi connectivity index (χ1v) is 6.68. The van der Waals surface area contributed by atoms with E-state index >= 15 is 0 Å². The molecule has 0 radical (unpaired) electrons. The van der Waals surface area contributed by atoms with E-state index in [1.807, 2.05) is 19.9 Å². The molecule has 3 nitrogen and oxygen atoms in total. The number of carbonyl (C=O) groups is 1. The van der Waals surface area contributed by atoms with Crippen LogP contribution in [0.15, 0.2) is 29.0 Å². The van der Waals surface area contributed by atoms with Gasteiger partial charge in [0.15, 0.2) is 0 Å². The molecule has 1 heterocycles. The van der Waals surface area contributed by atoms with E-state index in [1.54, 1.807) is 23.5 Å². The van der Waals surface area contributed by atoms with Gasteiger partial charge in [-0.2, -0.15) is 11.3 Å². The van der Waals surface area contributed by atoms with Crippen molar-refractivity contribution in [1.82, 2.24) is 5.32 Å². The van der Waals surface area contributed by atoms with E-state index in [0.29, 0.717) is 17.8 Å². The SMILES string of the molecule is Cc1cc(C(=O)NCc2cscc2C)ccc1N. The average molecular weight is 260 g/mol. The van der Waals surface area contributed by atoms with Gasteiger partial charge in [0.05, 0.1) is 0 Å². The lowest BCUT2D eigenvalue weighted by Gasteiger charge is -2.07. The Labute approximate surface area is 111 Å². The Hall–Kier alpha value is -1.81. The second kappa shape index (κ2) is 5.23. The summed E-state index contributed by atoms with van der Waals surface area (Å²) in [7, 11) is 0. The molecule has 4 heteroatoms. The third-order valence-corrected chi connectivity index (χ3v) is 3.84. The number of benzene rings is 1. The molecular weight excluding hydrogens is 244 g/mol. The summed E-state index contributed by atoms with van der Waals surface area (Å²) in [6.07, 6.45) is 0. The van der Waals surface area contributed by atoms with Gasteiger partial charge in [0.25, 0.3) is 5.91 Å². The molecule has 0 saturated heterocycles. The quantitative estimate of drug-likeness (QED) is 0.834. The summed E-state index contributed by atoms with van der Waals surface area (Å²) in [5, 5.41) is 7.05. The molecule has 3 N–H and O–H groups in total. The number of amides is 1. The van der Waals surface area contributed by atoms with Crippen molar-refractivity contribution in [2.45, 2.75) is 20.4 Å². The zero-order chi connectivity index (χ0) is 13.1. The lowest BCUT2D eigenvalue weighted by molar-refractivity contribution is 0.0951. The fourth-order valence-electron chi connectivity index (χ4n) is 1.66. The predicted octanol–water partition coefficient (Wildman–Crippen LogP) is 2.88. The van der Waals surface area contributed by atoms with Gasteiger partial charge >= 0.3 is 0 Å². The van der Waals surface area contributed by atoms with Gasteiger partial charge in [0.1, 0.15) is 0 Å². The Morgan fingerprint density at radius 3 is 2.67 bits per heavy atom. The number of nitrogens with one attached hydrogen (secondary N) is 1. The Morgan fingerprint density at radius 1 is 1.28 bits per heavy atom. The molecule has 0 saturated carbocycles. The Kier molecular flexibility index (Phi) is 3.67. The van der Waals surface area contributed by atoms with Gasteiger partial charge in [-0.05, 0) is 59.5 Å². The minimum absolute atomic E-state index is 0.0660. The monoisotopic (exact) mass is 260 g/mol. The summed E-state index contributed by atoms with van der Waals surface area (Å²) in [6, 6.07) is 5.32. The Morgan fingerprint density at radius 2 is 2.06 bits per heavy atom. The molecule has 0 bridgehead atoms. The first-order valence-electron chi connectivity index (χ1n) is 5.74. The lowest BCUT2D eigenvalue weighted by atomic mass is 10.1. The molecule has 1 amide bonds. The van der Waals surface area contributed by atoms with E-state index in [0.717, 1.165) is 5.56 Å². The third-order valence-electron chi connectivity index (χ3n) is 2.93. The van der Waals surface area contributed by atoms with Crippen LogP contribution in [0.4, 0.5) is 5.69 Å². The van der Waals surface area contributed by atoms with Crippen LogP contribution >= 0.6 is 11.3 Å². The van der Waals surface area contributed by atoms with Crippen molar-refractivity contribution in [1.29, 1.82) is 0 Å². The maximum atomic E-state index is 12.0. The summed E-state index contributed by atoms with van der Waals surface area (Å²) >= 11 is 1.65. The number of hydrogen-bond acceptors (Lipinski definition) is 3. The number of nitrogen functional groups attached to an aromatic ring is 1. The molecule has 1 aromatic heterocycles. The van der Waals surface area contributed by atoms with Crippen molar-refractivity contribution in [3.05, 3.63) is 51.2 Å². The van der Waals surface area contributed by atoms with Crippen molar-refractivity contribution in [2.24, 2.45) is 0 Å². The maximum Gasteiger partial charge on any atom is 0.251 e. The normalized spacial score (nSPS) is 10.3. The zero-order valence-corrected chi connectivity index (χ0v) is 11.3. The highest BCUT2D eigenvalue weighted by atomic mass is 32.1. The standard InChI is InChI=1S/C14H16N2OS/c1-9-5-11(3-4-13(9)15)14(17)16-6-12-8-18-7-10(12)2/h3-5,7-8H,6,15H2,1-2H3,(H,16,17). The highest BCUT2D eigenvalue weighted by Crippen LogP contribution is 2.15. The topological polar surface area (TPSA) is 55.1 Å². The van der Waals surface area contributed by atoms with Gasteiger partial charge < -0.3 is 11.1 Å². The van der Waals surface area contributed by atoms with Crippen molar-refractivity contribution < 1.29 is 4.79 Å². The van der Waals surface area contributed by atoms with Crippen molar-refractivity contribution in [2.75, 3.05) is 5.73 Å². The summed E-state index contributed by atoms with van der Waals surface area (Å²) in [6.45, 7) is 4.51. The van der Waals surface area contributed by atoms with Gasteiger partial charge in [0, 0.05) is 17.8 Å². The number of aryl methyl sites for hydroxylation is 2. The van der Waals surface area contributed by atoms with Crippen LogP contribution in [-0.4, -0.2) is 5.91 Å². The Balaban J connectivity index is 2.04. The average Bonchev–Trinajstić information content (AvgIpc) is 2.75. The molecule has 0 unspecified atom stereocenters. The predicted molar refractivity (Wildman–Crippen MR) is 75.8 cm³/mol. The van der Waals surface area contributed by atoms with Gasteiger partial charge in [-0.1, -0.05) is 0 Å². The maximum absolute atomic E-state index is 12.0. The number of hydrogen-bond donors (Lipinski definition) is 2. The molecule has 0 aliphatic carbocycles. The Bertz CT molecular complexity index is 575. The van der Waals surface area contributed by atoms with Gasteiger partial charge in [0.2, 0.25) is 0 Å². The molecule has 18 heavy (non-hydrogen) atoms. The van der Waals surface area contributed by atoms with Crippen LogP contribution in [0.3, 0.4) is 0 Å². The summed E-state index contributed by atoms with van der Waals surface area (Å²) in [5.74, 6) is -0.0660. The molecule has 2 rings (SSSR count). The van der Waals surface area contributed by atoms with E-state index in [1.165, 1.54) is 11.1 Å². The van der Waals surface area contributed by atoms with Crippen molar-refractivity contribution in [3.63, 3.8) is 0 Å². The second-order valence-electron chi connectivity index (χ2n) is 4.33. The molecule has 0 spiro atoms. The molecule has 94 valence electrons. The van der Waals surface area contributed by atoms with Crippen LogP contribution in [-0.2, 0) is 6.54 Å². The minimum atomic E-state index is -0.0660. The summed E-state index contributed by atoms with van der Waals surface area (Å²) in [4.78, 5) is 12.0. The number of thiophene rings is 1. The minimum Gasteiger partial charge on any atom is -0.399 e. The van der Waals surface area contributed by atoms with Crippen LogP contribution in [0.1, 0.15) is 27.0 Å². The first-order chi connectivity index (χ1) is 8.58. The van der Waals surface area contributed by atoms with Gasteiger partial charge in [-0.3, -0.25) is 4.79 Å². The van der Waals surface area contributed by atoms with E-state index < -0.39 is 0 Å². The molecule has 0 atom stereocenters. The number of rotatable bonds is 3. The molecule has 0 fully saturated rings. The fraction of sp³-hybridized carbons (Fsp3) is 0.214. The molecule has 0 aliphatic heterocycles. The second-order valence-corrected chi connectivity index (χ2v) is 5.08.